The molecule has 0 radical (unpaired) electrons. The summed E-state index contributed by atoms with van der Waals surface area (Å²) in [5.41, 5.74) is 0. The molecule has 0 spiro atoms. The van der Waals surface area contributed by atoms with Gasteiger partial charge in [0.1, 0.15) is 19.8 Å². The van der Waals surface area contributed by atoms with E-state index in [1.165, 1.54) is 44.9 Å². The van der Waals surface area contributed by atoms with Crippen molar-refractivity contribution in [3.8, 4) is 0 Å². The predicted octanol–water partition coefficient (Wildman–Crippen LogP) is 21.3. The van der Waals surface area contributed by atoms with E-state index in [4.69, 9.17) is 18.5 Å². The Bertz CT molecular complexity index is 2100. The van der Waals surface area contributed by atoms with Crippen LogP contribution in [-0.4, -0.2) is 70.0 Å². The largest absolute Gasteiger partial charge is 0.756 e. The van der Waals surface area contributed by atoms with E-state index in [9.17, 15) is 19.0 Å². The summed E-state index contributed by atoms with van der Waals surface area (Å²) in [6.07, 6.45) is 99.5. The average molecular weight is 1210 g/mol. The number of likely N-dealkylation sites (N-methyl/N-ethyl adjacent to an activating group) is 1. The minimum atomic E-state index is -4.66. The molecule has 0 aromatic rings. The lowest BCUT2D eigenvalue weighted by atomic mass is 10.1. The van der Waals surface area contributed by atoms with Crippen molar-refractivity contribution in [1.29, 1.82) is 0 Å². The Morgan fingerprint density at radius 3 is 0.930 bits per heavy atom. The van der Waals surface area contributed by atoms with E-state index < -0.39 is 32.5 Å². The van der Waals surface area contributed by atoms with Crippen molar-refractivity contribution in [2.45, 2.75) is 238 Å². The zero-order chi connectivity index (χ0) is 62.6. The van der Waals surface area contributed by atoms with Gasteiger partial charge in [0, 0.05) is 12.8 Å². The summed E-state index contributed by atoms with van der Waals surface area (Å²) >= 11 is 0. The number of nitrogens with zero attached hydrogens (tertiary/aromatic N) is 1. The number of phosphoric acid groups is 1. The Kier molecular flexibility index (Phi) is 60.9. The second-order valence-corrected chi connectivity index (χ2v) is 24.1. The number of carbonyl (C=O) groups excluding carboxylic acids is 2. The molecule has 0 rings (SSSR count). The summed E-state index contributed by atoms with van der Waals surface area (Å²) in [6, 6.07) is 0. The molecule has 0 saturated carbocycles. The maximum atomic E-state index is 12.9. The van der Waals surface area contributed by atoms with Crippen LogP contribution >= 0.6 is 7.82 Å². The van der Waals surface area contributed by atoms with E-state index in [0.29, 0.717) is 23.9 Å². The molecular weight excluding hydrogens is 1090 g/mol. The third kappa shape index (κ3) is 68.2. The summed E-state index contributed by atoms with van der Waals surface area (Å²) in [5.74, 6) is -0.869. The molecule has 0 saturated heterocycles. The molecule has 0 aliphatic carbocycles. The third-order valence-corrected chi connectivity index (χ3v) is 14.4. The van der Waals surface area contributed by atoms with Gasteiger partial charge in [-0.2, -0.15) is 0 Å². The van der Waals surface area contributed by atoms with E-state index in [0.717, 1.165) is 148 Å². The molecule has 0 fully saturated rings. The number of allylic oxidation sites excluding steroid dienone is 30. The molecule has 0 aromatic carbocycles. The normalized spacial score (nSPS) is 14.3. The van der Waals surface area contributed by atoms with Gasteiger partial charge in [-0.25, -0.2) is 0 Å². The highest BCUT2D eigenvalue weighted by Gasteiger charge is 2.22. The zero-order valence-electron chi connectivity index (χ0n) is 54.9. The molecule has 2 unspecified atom stereocenters. The van der Waals surface area contributed by atoms with Crippen molar-refractivity contribution in [1.82, 2.24) is 0 Å². The lowest BCUT2D eigenvalue weighted by Gasteiger charge is -2.28. The van der Waals surface area contributed by atoms with Crippen LogP contribution in [0.25, 0.3) is 0 Å². The first-order chi connectivity index (χ1) is 42.0. The fourth-order valence-electron chi connectivity index (χ4n) is 8.36. The van der Waals surface area contributed by atoms with E-state index in [1.807, 2.05) is 21.1 Å². The Morgan fingerprint density at radius 2 is 0.628 bits per heavy atom. The van der Waals surface area contributed by atoms with E-state index in [-0.39, 0.29) is 26.1 Å². The summed E-state index contributed by atoms with van der Waals surface area (Å²) in [6.45, 7) is 3.97. The Hall–Kier alpha value is -4.89. The number of carbonyl (C=O) groups is 2. The van der Waals surface area contributed by atoms with Crippen LogP contribution < -0.4 is 4.89 Å². The van der Waals surface area contributed by atoms with Gasteiger partial charge in [0.15, 0.2) is 6.10 Å². The number of quaternary nitrogens is 1. The molecule has 484 valence electrons. The highest BCUT2D eigenvalue weighted by Crippen LogP contribution is 2.38. The van der Waals surface area contributed by atoms with E-state index >= 15 is 0 Å². The van der Waals surface area contributed by atoms with Crippen LogP contribution in [0, 0.1) is 0 Å². The molecule has 0 bridgehead atoms. The van der Waals surface area contributed by atoms with E-state index in [1.54, 1.807) is 0 Å². The minimum Gasteiger partial charge on any atom is -0.756 e. The first-order valence-electron chi connectivity index (χ1n) is 33.5. The van der Waals surface area contributed by atoms with Crippen LogP contribution in [0.15, 0.2) is 182 Å². The summed E-state index contributed by atoms with van der Waals surface area (Å²) in [5, 5.41) is 0. The van der Waals surface area contributed by atoms with Crippen molar-refractivity contribution in [3.05, 3.63) is 182 Å². The lowest BCUT2D eigenvalue weighted by molar-refractivity contribution is -0.870. The van der Waals surface area contributed by atoms with Gasteiger partial charge >= 0.3 is 11.9 Å². The standard InChI is InChI=1S/C76H122NO8P/c1-6-8-10-12-14-16-18-20-22-24-26-28-30-31-32-33-34-35-36-37-38-39-40-41-42-43-44-45-47-49-51-53-55-57-59-61-63-65-67-69-76(79)85-74(73-84-86(80,81)83-71-70-77(3,4)5)72-82-75(78)68-66-64-62-60-58-56-54-52-50-48-46-29-27-25-23-21-19-17-15-13-11-9-7-2/h8-11,14-17,20-23,26-29,31-32,34-35,37-38,40-41,43-44,47-50,74H,6-7,12-13,18-19,24-25,30,33,36,39,42,45-46,51-73H2,1-5H3/b10-8-,11-9-,16-14-,17-15-,22-20-,23-21-,28-26-,29-27-,32-31-,35-34-,38-37-,41-40-,44-43-,49-47-,50-48-. The monoisotopic (exact) mass is 1210 g/mol. The fraction of sp³-hybridized carbons (Fsp3) is 0.579. The lowest BCUT2D eigenvalue weighted by Crippen LogP contribution is -2.37. The highest BCUT2D eigenvalue weighted by atomic mass is 31.2. The average Bonchev–Trinajstić information content (AvgIpc) is 3.56. The van der Waals surface area contributed by atoms with Gasteiger partial charge in [-0.15, -0.1) is 0 Å². The molecule has 9 nitrogen and oxygen atoms in total. The van der Waals surface area contributed by atoms with Gasteiger partial charge in [-0.3, -0.25) is 14.2 Å². The summed E-state index contributed by atoms with van der Waals surface area (Å²) < 4.78 is 34.2. The molecule has 0 aliphatic rings. The number of esters is 2. The smallest absolute Gasteiger partial charge is 0.306 e. The topological polar surface area (TPSA) is 111 Å². The van der Waals surface area contributed by atoms with Crippen molar-refractivity contribution < 1.29 is 42.1 Å². The van der Waals surface area contributed by atoms with Gasteiger partial charge in [0.25, 0.3) is 7.82 Å². The van der Waals surface area contributed by atoms with Crippen molar-refractivity contribution in [2.24, 2.45) is 0 Å². The molecular formula is C76H122NO8P. The van der Waals surface area contributed by atoms with Crippen LogP contribution in [0.3, 0.4) is 0 Å². The van der Waals surface area contributed by atoms with Crippen LogP contribution in [0.2, 0.25) is 0 Å². The molecule has 2 atom stereocenters. The van der Waals surface area contributed by atoms with Gasteiger partial charge < -0.3 is 27.9 Å². The maximum Gasteiger partial charge on any atom is 0.306 e. The zero-order valence-corrected chi connectivity index (χ0v) is 55.8. The van der Waals surface area contributed by atoms with Gasteiger partial charge in [-0.1, -0.05) is 267 Å². The number of ether oxygens (including phenoxy) is 2. The molecule has 0 N–H and O–H groups in total. The highest BCUT2D eigenvalue weighted by molar-refractivity contribution is 7.45. The van der Waals surface area contributed by atoms with Crippen LogP contribution in [-0.2, 0) is 32.7 Å². The minimum absolute atomic E-state index is 0.0447. The number of hydrogen-bond acceptors (Lipinski definition) is 8. The number of phosphoric ester groups is 1. The second-order valence-electron chi connectivity index (χ2n) is 22.7. The SMILES string of the molecule is CC/C=C\C/C=C\C/C=C\C/C=C\C/C=C\C/C=C\C/C=C\C/C=C\C/C=C\C/C=C\CCCCCCCCCCC(=O)OC(COC(=O)CCCCCCCCC/C=C\C/C=C\C/C=C\C/C=C\C/C=C\CC)COP(=O)([O-])OCC[N+](C)(C)C. The van der Waals surface area contributed by atoms with Gasteiger partial charge in [0.2, 0.25) is 0 Å². The van der Waals surface area contributed by atoms with Crippen molar-refractivity contribution >= 4 is 19.8 Å². The first kappa shape index (κ1) is 81.1. The summed E-state index contributed by atoms with van der Waals surface area (Å²) in [4.78, 5) is 38.0. The van der Waals surface area contributed by atoms with Crippen molar-refractivity contribution in [2.75, 3.05) is 47.5 Å². The number of rotatable bonds is 59. The van der Waals surface area contributed by atoms with Crippen LogP contribution in [0.1, 0.15) is 232 Å². The predicted molar refractivity (Wildman–Crippen MR) is 369 cm³/mol. The molecule has 0 aliphatic heterocycles. The summed E-state index contributed by atoms with van der Waals surface area (Å²) in [7, 11) is 1.13. The number of unbranched alkanes of at least 4 members (excludes halogenated alkanes) is 15. The first-order valence-corrected chi connectivity index (χ1v) is 35.0. The quantitative estimate of drug-likeness (QED) is 0.0195. The Balaban J connectivity index is 4.18. The molecule has 0 amide bonds. The third-order valence-electron chi connectivity index (χ3n) is 13.4. The molecule has 0 heterocycles. The Labute approximate surface area is 527 Å². The molecule has 86 heavy (non-hydrogen) atoms. The van der Waals surface area contributed by atoms with E-state index in [2.05, 4.69) is 196 Å². The van der Waals surface area contributed by atoms with Crippen LogP contribution in [0.4, 0.5) is 0 Å². The second kappa shape index (κ2) is 64.6. The number of hydrogen-bond donors (Lipinski definition) is 0. The maximum absolute atomic E-state index is 12.9. The molecule has 0 aromatic heterocycles. The van der Waals surface area contributed by atoms with Gasteiger partial charge in [-0.05, 0) is 135 Å². The fourth-order valence-corrected chi connectivity index (χ4v) is 9.09. The van der Waals surface area contributed by atoms with Crippen LogP contribution in [0.5, 0.6) is 0 Å². The molecule has 10 heteroatoms. The van der Waals surface area contributed by atoms with Crippen molar-refractivity contribution in [3.63, 3.8) is 0 Å². The van der Waals surface area contributed by atoms with Gasteiger partial charge in [0.05, 0.1) is 27.7 Å². The Morgan fingerprint density at radius 1 is 0.360 bits per heavy atom.